The Labute approximate surface area is 436 Å². The predicted molar refractivity (Wildman–Crippen MR) is 313 cm³/mol. The molecule has 0 saturated heterocycles. The van der Waals surface area contributed by atoms with Crippen LogP contribution in [0.4, 0.5) is 0 Å². The molecule has 0 fully saturated rings. The van der Waals surface area contributed by atoms with Gasteiger partial charge in [-0.3, -0.25) is 0 Å². The summed E-state index contributed by atoms with van der Waals surface area (Å²) in [5.74, 6) is 0. The molecule has 1 aliphatic heterocycles. The molecular weight excluding hydrogens is 845 g/mol. The van der Waals surface area contributed by atoms with Gasteiger partial charge in [0.2, 0.25) is 11.4 Å². The van der Waals surface area contributed by atoms with E-state index in [0.29, 0.717) is 0 Å². The fourth-order valence-corrected chi connectivity index (χ4v) is 10.8. The summed E-state index contributed by atoms with van der Waals surface area (Å²) in [5, 5.41) is 0. The monoisotopic (exact) mass is 957 g/mol. The summed E-state index contributed by atoms with van der Waals surface area (Å²) in [6.45, 7) is 9.17. The van der Waals surface area contributed by atoms with Crippen LogP contribution in [0, 0.1) is 0 Å². The van der Waals surface area contributed by atoms with E-state index in [0.717, 1.165) is 68.3 Å². The first-order valence-electron chi connectivity index (χ1n) is 31.1. The normalized spacial score (nSPS) is 13.2. The molecule has 0 N–H and O–H groups in total. The number of allylic oxidation sites excluding steroid dienone is 6. The van der Waals surface area contributed by atoms with Crippen LogP contribution in [0.3, 0.4) is 0 Å². The van der Waals surface area contributed by atoms with E-state index in [1.165, 1.54) is 259 Å². The topological polar surface area (TPSA) is 25.3 Å². The molecule has 1 aliphatic rings. The number of unbranched alkanes of at least 4 members (excludes halogenated alkanes) is 36. The third kappa shape index (κ3) is 27.7. The van der Waals surface area contributed by atoms with Gasteiger partial charge in [-0.05, 0) is 100.0 Å². The number of hydrogen-bond acceptors (Lipinski definition) is 0. The maximum Gasteiger partial charge on any atom is 0.215 e. The molecule has 0 atom stereocenters. The highest BCUT2D eigenvalue weighted by Crippen LogP contribution is 2.44. The minimum absolute atomic E-state index is 0.952. The van der Waals surface area contributed by atoms with E-state index in [9.17, 15) is 5.53 Å². The lowest BCUT2D eigenvalue weighted by atomic mass is 9.92. The van der Waals surface area contributed by atoms with Gasteiger partial charge < -0.3 is 5.53 Å². The first-order valence-corrected chi connectivity index (χ1v) is 31.1. The molecule has 0 aromatic heterocycles. The third-order valence-corrected chi connectivity index (χ3v) is 15.4. The van der Waals surface area contributed by atoms with Crippen molar-refractivity contribution < 1.29 is 4.70 Å². The summed E-state index contributed by atoms with van der Waals surface area (Å²) in [7, 11) is 0. The summed E-state index contributed by atoms with van der Waals surface area (Å²) in [6.07, 6.45) is 68.6. The van der Waals surface area contributed by atoms with Gasteiger partial charge in [-0.2, -0.15) is 0 Å². The molecule has 0 spiro atoms. The van der Waals surface area contributed by atoms with Gasteiger partial charge in [-0.25, -0.2) is 4.70 Å². The second-order valence-corrected chi connectivity index (χ2v) is 21.8. The molecule has 2 heteroatoms. The summed E-state index contributed by atoms with van der Waals surface area (Å²) < 4.78 is 1.58. The zero-order chi connectivity index (χ0) is 49.8. The van der Waals surface area contributed by atoms with Crippen molar-refractivity contribution in [1.29, 1.82) is 0 Å². The van der Waals surface area contributed by atoms with E-state index in [1.54, 1.807) is 4.70 Å². The Kier molecular flexibility index (Phi) is 38.2. The number of benzene rings is 2. The Morgan fingerprint density at radius 1 is 0.357 bits per heavy atom. The molecule has 0 radical (unpaired) electrons. The minimum atomic E-state index is 0.952. The fraction of sp³-hybridized carbons (Fsp3) is 0.706. The van der Waals surface area contributed by atoms with Crippen LogP contribution in [0.5, 0.6) is 0 Å². The van der Waals surface area contributed by atoms with Crippen LogP contribution >= 0.6 is 0 Å². The van der Waals surface area contributed by atoms with Crippen LogP contribution in [-0.4, -0.2) is 4.70 Å². The van der Waals surface area contributed by atoms with Crippen molar-refractivity contribution in [2.24, 2.45) is 0 Å². The molecule has 0 unspecified atom stereocenters. The van der Waals surface area contributed by atoms with Crippen LogP contribution in [0.2, 0.25) is 0 Å². The Morgan fingerprint density at radius 2 is 0.743 bits per heavy atom. The summed E-state index contributed by atoms with van der Waals surface area (Å²) in [5.41, 5.74) is 21.9. The van der Waals surface area contributed by atoms with Crippen molar-refractivity contribution in [2.75, 3.05) is 0 Å². The van der Waals surface area contributed by atoms with E-state index in [4.69, 9.17) is 0 Å². The Morgan fingerprint density at radius 3 is 1.20 bits per heavy atom. The van der Waals surface area contributed by atoms with Crippen molar-refractivity contribution in [2.45, 2.75) is 310 Å². The first-order chi connectivity index (χ1) is 34.7. The lowest BCUT2D eigenvalue weighted by Crippen LogP contribution is -2.05. The number of hydrogen-bond donors (Lipinski definition) is 0. The Balaban J connectivity index is 1.47. The van der Waals surface area contributed by atoms with Crippen molar-refractivity contribution >= 4 is 11.4 Å². The predicted octanol–water partition coefficient (Wildman–Crippen LogP) is 23.5. The van der Waals surface area contributed by atoms with Crippen LogP contribution < -0.4 is 0 Å². The summed E-state index contributed by atoms with van der Waals surface area (Å²) in [4.78, 5) is 0. The second kappa shape index (κ2) is 43.6. The minimum Gasteiger partial charge on any atom is -0.493 e. The van der Waals surface area contributed by atoms with Crippen molar-refractivity contribution in [1.82, 2.24) is 0 Å². The first kappa shape index (κ1) is 61.3. The number of nitrogens with zero attached hydrogens (tertiary/aromatic N) is 2. The zero-order valence-corrected chi connectivity index (χ0v) is 46.9. The Bertz CT molecular complexity index is 1690. The molecule has 394 valence electrons. The highest BCUT2D eigenvalue weighted by molar-refractivity contribution is 5.84. The van der Waals surface area contributed by atoms with Gasteiger partial charge in [0.15, 0.2) is 0 Å². The lowest BCUT2D eigenvalue weighted by molar-refractivity contribution is -0.345. The van der Waals surface area contributed by atoms with Crippen molar-refractivity contribution in [3.05, 3.63) is 112 Å². The van der Waals surface area contributed by atoms with Gasteiger partial charge in [-0.1, -0.05) is 294 Å². The van der Waals surface area contributed by atoms with Crippen LogP contribution in [0.25, 0.3) is 16.9 Å². The average Bonchev–Trinajstić information content (AvgIpc) is 3.65. The second-order valence-electron chi connectivity index (χ2n) is 21.8. The van der Waals surface area contributed by atoms with E-state index in [-0.39, 0.29) is 0 Å². The summed E-state index contributed by atoms with van der Waals surface area (Å²) in [6, 6.07) is 18.0. The van der Waals surface area contributed by atoms with Crippen molar-refractivity contribution in [3.63, 3.8) is 0 Å². The quantitative estimate of drug-likeness (QED) is 0.0359. The standard InChI is InChI=1S/C68H112N2/c1-5-9-13-15-17-19-21-23-25-27-28-29-30-31-32-34-35-37-39-41-43-45-47-52-62-53-49-50-55-64(62)68-66(54-12-8-4)65(67(70(68)69)63-59-57-61(58-60-63)51-11-7-3)56-48-46-44-42-40-38-36-33-26-24-22-20-18-16-14-10-6-2/h41,43,48-50,53,55-60H,5-40,42,44-47,51-52,54H2,1-4H3. The van der Waals surface area contributed by atoms with Crippen molar-refractivity contribution in [3.8, 4) is 0 Å². The maximum absolute atomic E-state index is 12.4. The molecule has 3 rings (SSSR count). The highest BCUT2D eigenvalue weighted by Gasteiger charge is 2.35. The summed E-state index contributed by atoms with van der Waals surface area (Å²) >= 11 is 0. The average molecular weight is 958 g/mol. The molecule has 2 nitrogen and oxygen atoms in total. The molecule has 0 bridgehead atoms. The molecule has 2 aromatic carbocycles. The largest absolute Gasteiger partial charge is 0.493 e. The lowest BCUT2D eigenvalue weighted by Gasteiger charge is -2.13. The number of aryl methyl sites for hydroxylation is 2. The van der Waals surface area contributed by atoms with Gasteiger partial charge in [0.05, 0.1) is 5.57 Å². The zero-order valence-electron chi connectivity index (χ0n) is 46.9. The molecule has 2 aromatic rings. The van der Waals surface area contributed by atoms with Gasteiger partial charge in [0.1, 0.15) is 0 Å². The van der Waals surface area contributed by atoms with Crippen LogP contribution in [0.1, 0.15) is 320 Å². The molecular formula is C68H112N2. The van der Waals surface area contributed by atoms with E-state index >= 15 is 0 Å². The molecule has 0 amide bonds. The van der Waals surface area contributed by atoms with E-state index in [2.05, 4.69) is 101 Å². The molecule has 1 heterocycles. The Hall–Kier alpha value is -3.00. The third-order valence-electron chi connectivity index (χ3n) is 15.4. The van der Waals surface area contributed by atoms with Gasteiger partial charge in [-0.15, -0.1) is 0 Å². The SMILES string of the molecule is CCCCCCCCCCCCCCCCCC=CC1=C(c2ccc(CCCC)cc2)[N+](=[N-])C(c2ccccc2CCCC=CCCCCCCCCCCCCCCCCCCCC)=C1CCCC. The fourth-order valence-electron chi connectivity index (χ4n) is 10.8. The van der Waals surface area contributed by atoms with E-state index < -0.39 is 0 Å². The van der Waals surface area contributed by atoms with E-state index in [1.807, 2.05) is 0 Å². The molecule has 0 aliphatic carbocycles. The van der Waals surface area contributed by atoms with Crippen LogP contribution in [0.15, 0.2) is 84.0 Å². The number of rotatable bonds is 48. The van der Waals surface area contributed by atoms with Gasteiger partial charge in [0, 0.05) is 16.7 Å². The highest BCUT2D eigenvalue weighted by atomic mass is 15.2. The van der Waals surface area contributed by atoms with Gasteiger partial charge >= 0.3 is 0 Å². The molecule has 70 heavy (non-hydrogen) atoms. The van der Waals surface area contributed by atoms with Crippen LogP contribution in [-0.2, 0) is 12.8 Å². The smallest absolute Gasteiger partial charge is 0.215 e. The van der Waals surface area contributed by atoms with Gasteiger partial charge in [0.25, 0.3) is 0 Å². The molecule has 0 saturated carbocycles. The maximum atomic E-state index is 12.4.